The Morgan fingerprint density at radius 1 is 0.786 bits per heavy atom. The fourth-order valence-electron chi connectivity index (χ4n) is 4.70. The average molecular weight is 393 g/mol. The molecule has 3 aliphatic heterocycles. The molecule has 7 heteroatoms. The van der Waals surface area contributed by atoms with Gasteiger partial charge in [-0.3, -0.25) is 19.3 Å². The van der Waals surface area contributed by atoms with Crippen LogP contribution >= 0.6 is 0 Å². The lowest BCUT2D eigenvalue weighted by Crippen LogP contribution is -2.49. The van der Waals surface area contributed by atoms with Gasteiger partial charge in [-0.1, -0.05) is 12.8 Å². The van der Waals surface area contributed by atoms with E-state index in [2.05, 4.69) is 15.1 Å². The SMILES string of the molecule is CC(=O)N1CCC(NC(=O)CN2CCC(C(=O)N3CCCCCC3)CC2)CC1. The van der Waals surface area contributed by atoms with Gasteiger partial charge in [0.2, 0.25) is 17.7 Å². The molecular weight excluding hydrogens is 356 g/mol. The minimum Gasteiger partial charge on any atom is -0.352 e. The first kappa shape index (κ1) is 21.1. The summed E-state index contributed by atoms with van der Waals surface area (Å²) in [4.78, 5) is 42.6. The predicted octanol–water partition coefficient (Wildman–Crippen LogP) is 1.23. The van der Waals surface area contributed by atoms with E-state index in [4.69, 9.17) is 0 Å². The zero-order chi connectivity index (χ0) is 19.9. The number of hydrogen-bond acceptors (Lipinski definition) is 4. The van der Waals surface area contributed by atoms with Crippen molar-refractivity contribution in [3.8, 4) is 0 Å². The average Bonchev–Trinajstić information content (AvgIpc) is 2.98. The molecule has 3 fully saturated rings. The molecule has 0 bridgehead atoms. The molecule has 3 rings (SSSR count). The second kappa shape index (κ2) is 10.2. The number of piperidine rings is 2. The van der Waals surface area contributed by atoms with E-state index in [9.17, 15) is 14.4 Å². The number of rotatable bonds is 4. The van der Waals surface area contributed by atoms with E-state index in [1.54, 1.807) is 6.92 Å². The highest BCUT2D eigenvalue weighted by Gasteiger charge is 2.30. The van der Waals surface area contributed by atoms with Crippen molar-refractivity contribution in [3.05, 3.63) is 0 Å². The Hall–Kier alpha value is -1.63. The van der Waals surface area contributed by atoms with E-state index >= 15 is 0 Å². The second-order valence-electron chi connectivity index (χ2n) is 8.64. The van der Waals surface area contributed by atoms with Crippen molar-refractivity contribution in [2.24, 2.45) is 5.92 Å². The molecule has 0 aliphatic carbocycles. The van der Waals surface area contributed by atoms with E-state index in [-0.39, 0.29) is 23.8 Å². The maximum atomic E-state index is 12.8. The van der Waals surface area contributed by atoms with Gasteiger partial charge in [0.15, 0.2) is 0 Å². The smallest absolute Gasteiger partial charge is 0.234 e. The predicted molar refractivity (Wildman–Crippen MR) is 108 cm³/mol. The number of carbonyl (C=O) groups excluding carboxylic acids is 3. The summed E-state index contributed by atoms with van der Waals surface area (Å²) in [7, 11) is 0. The molecule has 28 heavy (non-hydrogen) atoms. The lowest BCUT2D eigenvalue weighted by Gasteiger charge is -2.35. The lowest BCUT2D eigenvalue weighted by atomic mass is 9.95. The Morgan fingerprint density at radius 2 is 1.39 bits per heavy atom. The van der Waals surface area contributed by atoms with Crippen LogP contribution in [0.25, 0.3) is 0 Å². The third-order valence-corrected chi connectivity index (χ3v) is 6.53. The van der Waals surface area contributed by atoms with Gasteiger partial charge in [-0.15, -0.1) is 0 Å². The van der Waals surface area contributed by atoms with Gasteiger partial charge < -0.3 is 15.1 Å². The van der Waals surface area contributed by atoms with Crippen LogP contribution < -0.4 is 5.32 Å². The minimum absolute atomic E-state index is 0.0681. The number of amides is 3. The molecule has 7 nitrogen and oxygen atoms in total. The van der Waals surface area contributed by atoms with Gasteiger partial charge >= 0.3 is 0 Å². The first-order valence-corrected chi connectivity index (χ1v) is 11.1. The van der Waals surface area contributed by atoms with Gasteiger partial charge in [-0.25, -0.2) is 0 Å². The quantitative estimate of drug-likeness (QED) is 0.781. The van der Waals surface area contributed by atoms with Crippen LogP contribution in [0, 0.1) is 5.92 Å². The van der Waals surface area contributed by atoms with E-state index < -0.39 is 0 Å². The molecule has 0 radical (unpaired) electrons. The summed E-state index contributed by atoms with van der Waals surface area (Å²) in [5, 5.41) is 3.12. The topological polar surface area (TPSA) is 73.0 Å². The van der Waals surface area contributed by atoms with Crippen molar-refractivity contribution in [2.45, 2.75) is 64.3 Å². The maximum absolute atomic E-state index is 12.8. The van der Waals surface area contributed by atoms with Crippen molar-refractivity contribution < 1.29 is 14.4 Å². The highest BCUT2D eigenvalue weighted by molar-refractivity contribution is 5.80. The molecule has 0 unspecified atom stereocenters. The van der Waals surface area contributed by atoms with Gasteiger partial charge in [0.25, 0.3) is 0 Å². The molecule has 3 saturated heterocycles. The summed E-state index contributed by atoms with van der Waals surface area (Å²) in [5.74, 6) is 0.650. The largest absolute Gasteiger partial charge is 0.352 e. The van der Waals surface area contributed by atoms with Gasteiger partial charge in [-0.2, -0.15) is 0 Å². The Kier molecular flexibility index (Phi) is 7.71. The standard InChI is InChI=1S/C21H36N4O3/c1-17(26)24-14-8-19(9-15-24)22-20(27)16-23-12-6-18(7-13-23)21(28)25-10-4-2-3-5-11-25/h18-19H,2-16H2,1H3,(H,22,27). The van der Waals surface area contributed by atoms with E-state index in [0.29, 0.717) is 12.5 Å². The van der Waals surface area contributed by atoms with Crippen molar-refractivity contribution in [3.63, 3.8) is 0 Å². The molecule has 158 valence electrons. The maximum Gasteiger partial charge on any atom is 0.234 e. The molecule has 0 atom stereocenters. The third kappa shape index (κ3) is 5.93. The summed E-state index contributed by atoms with van der Waals surface area (Å²) < 4.78 is 0. The summed E-state index contributed by atoms with van der Waals surface area (Å²) >= 11 is 0. The zero-order valence-corrected chi connectivity index (χ0v) is 17.3. The van der Waals surface area contributed by atoms with Gasteiger partial charge in [0, 0.05) is 45.1 Å². The number of nitrogens with zero attached hydrogens (tertiary/aromatic N) is 3. The second-order valence-corrected chi connectivity index (χ2v) is 8.64. The summed E-state index contributed by atoms with van der Waals surface area (Å²) in [6, 6.07) is 0.172. The molecule has 3 heterocycles. The molecule has 3 aliphatic rings. The number of nitrogens with one attached hydrogen (secondary N) is 1. The van der Waals surface area contributed by atoms with Crippen LogP contribution in [0.1, 0.15) is 58.3 Å². The van der Waals surface area contributed by atoms with E-state index in [0.717, 1.165) is 77.8 Å². The van der Waals surface area contributed by atoms with Crippen LogP contribution in [-0.2, 0) is 14.4 Å². The van der Waals surface area contributed by atoms with Crippen molar-refractivity contribution in [1.82, 2.24) is 20.0 Å². The molecule has 1 N–H and O–H groups in total. The van der Waals surface area contributed by atoms with Crippen LogP contribution in [-0.4, -0.2) is 84.3 Å². The van der Waals surface area contributed by atoms with Crippen LogP contribution in [0.15, 0.2) is 0 Å². The molecule has 0 aromatic heterocycles. The van der Waals surface area contributed by atoms with Crippen LogP contribution in [0.5, 0.6) is 0 Å². The first-order valence-electron chi connectivity index (χ1n) is 11.1. The van der Waals surface area contributed by atoms with Crippen molar-refractivity contribution >= 4 is 17.7 Å². The molecular formula is C21H36N4O3. The number of likely N-dealkylation sites (tertiary alicyclic amines) is 3. The molecule has 0 spiro atoms. The molecule has 3 amide bonds. The first-order chi connectivity index (χ1) is 13.5. The molecule has 0 aromatic carbocycles. The van der Waals surface area contributed by atoms with Crippen LogP contribution in [0.4, 0.5) is 0 Å². The van der Waals surface area contributed by atoms with Gasteiger partial charge in [0.05, 0.1) is 6.54 Å². The Morgan fingerprint density at radius 3 is 1.96 bits per heavy atom. The third-order valence-electron chi connectivity index (χ3n) is 6.53. The minimum atomic E-state index is 0.0681. The number of hydrogen-bond donors (Lipinski definition) is 1. The van der Waals surface area contributed by atoms with E-state index in [1.807, 2.05) is 4.90 Å². The molecule has 0 aromatic rings. The summed E-state index contributed by atoms with van der Waals surface area (Å²) in [6.07, 6.45) is 8.14. The fourth-order valence-corrected chi connectivity index (χ4v) is 4.70. The highest BCUT2D eigenvalue weighted by atomic mass is 16.2. The van der Waals surface area contributed by atoms with Gasteiger partial charge in [0.1, 0.15) is 0 Å². The van der Waals surface area contributed by atoms with Crippen LogP contribution in [0.2, 0.25) is 0 Å². The summed E-state index contributed by atoms with van der Waals surface area (Å²) in [6.45, 7) is 6.95. The van der Waals surface area contributed by atoms with E-state index in [1.165, 1.54) is 12.8 Å². The Bertz CT molecular complexity index is 544. The fraction of sp³-hybridized carbons (Fsp3) is 0.857. The Labute approximate surface area is 168 Å². The van der Waals surface area contributed by atoms with Crippen LogP contribution in [0.3, 0.4) is 0 Å². The molecule has 0 saturated carbocycles. The zero-order valence-electron chi connectivity index (χ0n) is 17.3. The summed E-state index contributed by atoms with van der Waals surface area (Å²) in [5.41, 5.74) is 0. The number of carbonyl (C=O) groups is 3. The normalized spacial score (nSPS) is 23.3. The Balaban J connectivity index is 1.35. The monoisotopic (exact) mass is 392 g/mol. The lowest BCUT2D eigenvalue weighted by molar-refractivity contribution is -0.137. The van der Waals surface area contributed by atoms with Crippen molar-refractivity contribution in [1.29, 1.82) is 0 Å². The van der Waals surface area contributed by atoms with Gasteiger partial charge in [-0.05, 0) is 51.6 Å². The highest BCUT2D eigenvalue weighted by Crippen LogP contribution is 2.21. The van der Waals surface area contributed by atoms with Crippen molar-refractivity contribution in [2.75, 3.05) is 45.8 Å².